The molecule has 2 heterocycles. The van der Waals surface area contributed by atoms with Gasteiger partial charge in [0, 0.05) is 32.4 Å². The van der Waals surface area contributed by atoms with Gasteiger partial charge in [-0.05, 0) is 37.3 Å². The molecule has 1 saturated heterocycles. The number of carbonyl (C=O) groups is 1. The molecule has 1 aliphatic carbocycles. The van der Waals surface area contributed by atoms with E-state index in [9.17, 15) is 9.59 Å². The normalized spacial score (nSPS) is 21.1. The summed E-state index contributed by atoms with van der Waals surface area (Å²) in [6, 6.07) is 3.39. The van der Waals surface area contributed by atoms with E-state index in [0.29, 0.717) is 17.5 Å². The molecule has 3 rings (SSSR count). The van der Waals surface area contributed by atoms with Crippen LogP contribution >= 0.6 is 0 Å². The zero-order chi connectivity index (χ0) is 14.2. The van der Waals surface area contributed by atoms with Gasteiger partial charge in [-0.2, -0.15) is 0 Å². The average molecular weight is 274 g/mol. The van der Waals surface area contributed by atoms with E-state index in [1.807, 2.05) is 0 Å². The average Bonchev–Trinajstić information content (AvgIpc) is 2.85. The monoisotopic (exact) mass is 274 g/mol. The van der Waals surface area contributed by atoms with Crippen LogP contribution in [0.15, 0.2) is 23.1 Å². The zero-order valence-electron chi connectivity index (χ0n) is 12.1. The number of aromatic nitrogens is 1. The summed E-state index contributed by atoms with van der Waals surface area (Å²) in [6.45, 7) is 5.40. The predicted octanol–water partition coefficient (Wildman–Crippen LogP) is 1.93. The summed E-state index contributed by atoms with van der Waals surface area (Å²) in [6.07, 6.45) is 7.30. The summed E-state index contributed by atoms with van der Waals surface area (Å²) >= 11 is 0. The van der Waals surface area contributed by atoms with Gasteiger partial charge in [-0.3, -0.25) is 9.59 Å². The molecule has 2 aliphatic rings. The standard InChI is InChI=1S/C16H22N2O2/c1-13(19)14-5-4-8-18(15(14)20)10-9-17-11-16(12-17)6-2-3-7-16/h4-5,8H,2-3,6-7,9-12H2,1H3. The number of likely N-dealkylation sites (tertiary alicyclic amines) is 1. The molecule has 20 heavy (non-hydrogen) atoms. The molecule has 0 radical (unpaired) electrons. The van der Waals surface area contributed by atoms with Crippen molar-refractivity contribution in [1.29, 1.82) is 0 Å². The van der Waals surface area contributed by atoms with Crippen LogP contribution in [-0.2, 0) is 6.54 Å². The van der Waals surface area contributed by atoms with Crippen LogP contribution < -0.4 is 5.56 Å². The molecule has 4 nitrogen and oxygen atoms in total. The third kappa shape index (κ3) is 2.44. The lowest BCUT2D eigenvalue weighted by molar-refractivity contribution is 0.00384. The summed E-state index contributed by atoms with van der Waals surface area (Å²) in [7, 11) is 0. The Morgan fingerprint density at radius 3 is 2.60 bits per heavy atom. The smallest absolute Gasteiger partial charge is 0.261 e. The maximum absolute atomic E-state index is 12.1. The topological polar surface area (TPSA) is 42.3 Å². The first-order valence-electron chi connectivity index (χ1n) is 7.52. The molecule has 0 unspecified atom stereocenters. The van der Waals surface area contributed by atoms with Gasteiger partial charge in [0.25, 0.3) is 5.56 Å². The van der Waals surface area contributed by atoms with Crippen LogP contribution in [0.25, 0.3) is 0 Å². The Morgan fingerprint density at radius 1 is 1.25 bits per heavy atom. The minimum Gasteiger partial charge on any atom is -0.314 e. The van der Waals surface area contributed by atoms with Gasteiger partial charge in [-0.15, -0.1) is 0 Å². The highest BCUT2D eigenvalue weighted by Crippen LogP contribution is 2.45. The highest BCUT2D eigenvalue weighted by atomic mass is 16.1. The third-order valence-electron chi connectivity index (χ3n) is 4.84. The number of pyridine rings is 1. The van der Waals surface area contributed by atoms with E-state index in [1.54, 1.807) is 22.9 Å². The number of hydrogen-bond donors (Lipinski definition) is 0. The second kappa shape index (κ2) is 5.17. The molecule has 0 aromatic carbocycles. The van der Waals surface area contributed by atoms with Crippen LogP contribution in [-0.4, -0.2) is 34.9 Å². The van der Waals surface area contributed by atoms with Crippen molar-refractivity contribution < 1.29 is 4.79 Å². The highest BCUT2D eigenvalue weighted by molar-refractivity contribution is 5.93. The maximum atomic E-state index is 12.1. The van der Waals surface area contributed by atoms with Gasteiger partial charge in [0.05, 0.1) is 5.56 Å². The van der Waals surface area contributed by atoms with E-state index in [2.05, 4.69) is 4.90 Å². The number of nitrogens with zero attached hydrogens (tertiary/aromatic N) is 2. The molecule has 2 fully saturated rings. The first kappa shape index (κ1) is 13.6. The van der Waals surface area contributed by atoms with Gasteiger partial charge in [0.15, 0.2) is 5.78 Å². The van der Waals surface area contributed by atoms with Crippen molar-refractivity contribution in [2.24, 2.45) is 5.41 Å². The molecule has 1 aliphatic heterocycles. The Labute approximate surface area is 119 Å². The van der Waals surface area contributed by atoms with Crippen LogP contribution in [0.3, 0.4) is 0 Å². The predicted molar refractivity (Wildman–Crippen MR) is 78.0 cm³/mol. The molecule has 0 amide bonds. The van der Waals surface area contributed by atoms with Crippen molar-refractivity contribution in [3.05, 3.63) is 34.2 Å². The lowest BCUT2D eigenvalue weighted by atomic mass is 9.78. The molecule has 1 aromatic heterocycles. The van der Waals surface area contributed by atoms with Gasteiger partial charge in [0.1, 0.15) is 0 Å². The van der Waals surface area contributed by atoms with Crippen molar-refractivity contribution in [3.63, 3.8) is 0 Å². The van der Waals surface area contributed by atoms with Gasteiger partial charge < -0.3 is 9.47 Å². The Bertz CT molecular complexity index is 562. The van der Waals surface area contributed by atoms with E-state index in [-0.39, 0.29) is 11.3 Å². The molecule has 0 atom stereocenters. The van der Waals surface area contributed by atoms with Crippen molar-refractivity contribution in [1.82, 2.24) is 9.47 Å². The van der Waals surface area contributed by atoms with Crippen LogP contribution in [0, 0.1) is 5.41 Å². The first-order valence-corrected chi connectivity index (χ1v) is 7.52. The Morgan fingerprint density at radius 2 is 1.95 bits per heavy atom. The van der Waals surface area contributed by atoms with Crippen molar-refractivity contribution in [2.75, 3.05) is 19.6 Å². The van der Waals surface area contributed by atoms with Gasteiger partial charge in [-0.25, -0.2) is 0 Å². The molecule has 1 saturated carbocycles. The van der Waals surface area contributed by atoms with Crippen molar-refractivity contribution >= 4 is 5.78 Å². The summed E-state index contributed by atoms with van der Waals surface area (Å²) in [5, 5.41) is 0. The van der Waals surface area contributed by atoms with E-state index in [1.165, 1.54) is 45.7 Å². The number of ketones is 1. The van der Waals surface area contributed by atoms with E-state index in [0.717, 1.165) is 6.54 Å². The molecular formula is C16H22N2O2. The van der Waals surface area contributed by atoms with Crippen molar-refractivity contribution in [2.45, 2.75) is 39.2 Å². The van der Waals surface area contributed by atoms with Crippen LogP contribution in [0.2, 0.25) is 0 Å². The Balaban J connectivity index is 1.58. The molecule has 108 valence electrons. The quantitative estimate of drug-likeness (QED) is 0.788. The van der Waals surface area contributed by atoms with Gasteiger partial charge in [0.2, 0.25) is 0 Å². The van der Waals surface area contributed by atoms with Crippen LogP contribution in [0.1, 0.15) is 43.0 Å². The van der Waals surface area contributed by atoms with E-state index < -0.39 is 0 Å². The number of rotatable bonds is 4. The molecule has 0 bridgehead atoms. The second-order valence-electron chi connectivity index (χ2n) is 6.39. The van der Waals surface area contributed by atoms with Gasteiger partial charge in [-0.1, -0.05) is 12.8 Å². The fourth-order valence-corrected chi connectivity index (χ4v) is 3.73. The minimum absolute atomic E-state index is 0.154. The SMILES string of the molecule is CC(=O)c1cccn(CCN2CC3(CCCC3)C2)c1=O. The first-order chi connectivity index (χ1) is 9.60. The maximum Gasteiger partial charge on any atom is 0.261 e. The molecule has 1 spiro atoms. The summed E-state index contributed by atoms with van der Waals surface area (Å²) in [5.74, 6) is -0.154. The van der Waals surface area contributed by atoms with E-state index in [4.69, 9.17) is 0 Å². The Hall–Kier alpha value is -1.42. The largest absolute Gasteiger partial charge is 0.314 e. The van der Waals surface area contributed by atoms with Gasteiger partial charge >= 0.3 is 0 Å². The fourth-order valence-electron chi connectivity index (χ4n) is 3.73. The molecular weight excluding hydrogens is 252 g/mol. The lowest BCUT2D eigenvalue weighted by Crippen LogP contribution is -2.55. The minimum atomic E-state index is -0.156. The second-order valence-corrected chi connectivity index (χ2v) is 6.39. The Kier molecular flexibility index (Phi) is 3.50. The fraction of sp³-hybridized carbons (Fsp3) is 0.625. The van der Waals surface area contributed by atoms with Crippen molar-refractivity contribution in [3.8, 4) is 0 Å². The number of hydrogen-bond acceptors (Lipinski definition) is 3. The molecule has 0 N–H and O–H groups in total. The van der Waals surface area contributed by atoms with Crippen LogP contribution in [0.4, 0.5) is 0 Å². The highest BCUT2D eigenvalue weighted by Gasteiger charge is 2.43. The molecule has 1 aromatic rings. The third-order valence-corrected chi connectivity index (χ3v) is 4.84. The number of carbonyl (C=O) groups excluding carboxylic acids is 1. The molecule has 4 heteroatoms. The zero-order valence-corrected chi connectivity index (χ0v) is 12.1. The van der Waals surface area contributed by atoms with Crippen LogP contribution in [0.5, 0.6) is 0 Å². The summed E-state index contributed by atoms with van der Waals surface area (Å²) < 4.78 is 1.66. The summed E-state index contributed by atoms with van der Waals surface area (Å²) in [4.78, 5) is 25.9. The number of Topliss-reactive ketones (excluding diaryl/α,β-unsaturated/α-hetero) is 1. The summed E-state index contributed by atoms with van der Waals surface area (Å²) in [5.41, 5.74) is 0.742. The van der Waals surface area contributed by atoms with E-state index >= 15 is 0 Å². The lowest BCUT2D eigenvalue weighted by Gasteiger charge is -2.48.